The summed E-state index contributed by atoms with van der Waals surface area (Å²) in [6.07, 6.45) is 2.60. The SMILES string of the molecule is COC(=O)/C=C/c1nn(S(=O)(=O)c2ccc(C)cc2)c2ccc(OC)cc12. The van der Waals surface area contributed by atoms with Gasteiger partial charge in [-0.1, -0.05) is 17.7 Å². The molecule has 2 aromatic carbocycles. The van der Waals surface area contributed by atoms with E-state index in [4.69, 9.17) is 4.74 Å². The van der Waals surface area contributed by atoms with Crippen LogP contribution in [0.25, 0.3) is 17.0 Å². The van der Waals surface area contributed by atoms with Crippen LogP contribution in [0.15, 0.2) is 53.4 Å². The highest BCUT2D eigenvalue weighted by atomic mass is 32.2. The van der Waals surface area contributed by atoms with Gasteiger partial charge in [0.2, 0.25) is 0 Å². The quantitative estimate of drug-likeness (QED) is 0.495. The number of methoxy groups -OCH3 is 2. The normalized spacial score (nSPS) is 11.8. The lowest BCUT2D eigenvalue weighted by Crippen LogP contribution is -2.14. The molecule has 0 amide bonds. The van der Waals surface area contributed by atoms with Crippen molar-refractivity contribution in [3.8, 4) is 5.75 Å². The number of ether oxygens (including phenoxy) is 2. The Balaban J connectivity index is 2.22. The van der Waals surface area contributed by atoms with E-state index >= 15 is 0 Å². The van der Waals surface area contributed by atoms with E-state index in [0.29, 0.717) is 22.3 Å². The van der Waals surface area contributed by atoms with Gasteiger partial charge in [-0.05, 0) is 43.3 Å². The van der Waals surface area contributed by atoms with E-state index in [1.54, 1.807) is 30.3 Å². The molecule has 0 aliphatic carbocycles. The summed E-state index contributed by atoms with van der Waals surface area (Å²) >= 11 is 0. The Hall–Kier alpha value is -3.13. The molecule has 0 aliphatic rings. The van der Waals surface area contributed by atoms with E-state index in [-0.39, 0.29) is 4.90 Å². The van der Waals surface area contributed by atoms with E-state index in [9.17, 15) is 13.2 Å². The summed E-state index contributed by atoms with van der Waals surface area (Å²) in [7, 11) is -1.14. The molecule has 1 aromatic heterocycles. The van der Waals surface area contributed by atoms with Crippen LogP contribution in [0.5, 0.6) is 5.75 Å². The Morgan fingerprint density at radius 2 is 1.81 bits per heavy atom. The number of rotatable bonds is 5. The molecular weight excluding hydrogens is 368 g/mol. The van der Waals surface area contributed by atoms with Gasteiger partial charge in [-0.2, -0.15) is 17.6 Å². The molecule has 140 valence electrons. The van der Waals surface area contributed by atoms with Crippen molar-refractivity contribution in [2.75, 3.05) is 14.2 Å². The van der Waals surface area contributed by atoms with Gasteiger partial charge in [0.1, 0.15) is 5.75 Å². The fraction of sp³-hybridized carbons (Fsp3) is 0.158. The molecule has 0 bridgehead atoms. The van der Waals surface area contributed by atoms with Gasteiger partial charge in [0, 0.05) is 11.5 Å². The lowest BCUT2D eigenvalue weighted by atomic mass is 10.2. The first-order valence-corrected chi connectivity index (χ1v) is 9.46. The molecule has 1 heterocycles. The molecule has 0 radical (unpaired) electrons. The highest BCUT2D eigenvalue weighted by molar-refractivity contribution is 7.90. The van der Waals surface area contributed by atoms with Gasteiger partial charge in [-0.15, -0.1) is 0 Å². The molecule has 3 rings (SSSR count). The largest absolute Gasteiger partial charge is 0.497 e. The average molecular weight is 386 g/mol. The van der Waals surface area contributed by atoms with Crippen LogP contribution in [0.4, 0.5) is 0 Å². The zero-order chi connectivity index (χ0) is 19.6. The summed E-state index contributed by atoms with van der Waals surface area (Å²) in [5, 5.41) is 4.75. The Morgan fingerprint density at radius 1 is 1.11 bits per heavy atom. The molecule has 0 fully saturated rings. The van der Waals surface area contributed by atoms with Gasteiger partial charge in [0.05, 0.1) is 30.3 Å². The number of fused-ring (bicyclic) bond motifs is 1. The molecule has 27 heavy (non-hydrogen) atoms. The fourth-order valence-electron chi connectivity index (χ4n) is 2.55. The molecule has 0 atom stereocenters. The standard InChI is InChI=1S/C19H18N2O5S/c1-13-4-7-15(8-5-13)27(23,24)21-18-10-6-14(25-2)12-16(18)17(20-21)9-11-19(22)26-3/h4-12H,1-3H3/b11-9+. The Morgan fingerprint density at radius 3 is 2.44 bits per heavy atom. The van der Waals surface area contributed by atoms with Crippen LogP contribution in [-0.4, -0.2) is 37.8 Å². The van der Waals surface area contributed by atoms with Crippen LogP contribution < -0.4 is 4.74 Å². The molecule has 0 unspecified atom stereocenters. The van der Waals surface area contributed by atoms with Gasteiger partial charge in [-0.25, -0.2) is 4.79 Å². The summed E-state index contributed by atoms with van der Waals surface area (Å²) in [5.74, 6) is -0.0236. The molecule has 8 heteroatoms. The van der Waals surface area contributed by atoms with Crippen LogP contribution in [0.3, 0.4) is 0 Å². The summed E-state index contributed by atoms with van der Waals surface area (Å²) in [5.41, 5.74) is 1.64. The van der Waals surface area contributed by atoms with Crippen molar-refractivity contribution in [2.45, 2.75) is 11.8 Å². The second-order valence-electron chi connectivity index (χ2n) is 5.79. The lowest BCUT2D eigenvalue weighted by Gasteiger charge is -2.06. The topological polar surface area (TPSA) is 87.5 Å². The number of aryl methyl sites for hydroxylation is 1. The smallest absolute Gasteiger partial charge is 0.330 e. The van der Waals surface area contributed by atoms with Crippen LogP contribution in [0.1, 0.15) is 11.3 Å². The van der Waals surface area contributed by atoms with Crippen LogP contribution >= 0.6 is 0 Å². The Bertz CT molecular complexity index is 1130. The third-order valence-corrected chi connectivity index (χ3v) is 5.61. The first-order chi connectivity index (χ1) is 12.9. The molecule has 0 spiro atoms. The highest BCUT2D eigenvalue weighted by Gasteiger charge is 2.22. The van der Waals surface area contributed by atoms with Crippen molar-refractivity contribution in [3.63, 3.8) is 0 Å². The molecular formula is C19H18N2O5S. The van der Waals surface area contributed by atoms with E-state index in [1.165, 1.54) is 38.5 Å². The third kappa shape index (κ3) is 3.56. The van der Waals surface area contributed by atoms with Gasteiger partial charge >= 0.3 is 5.97 Å². The minimum Gasteiger partial charge on any atom is -0.497 e. The number of aromatic nitrogens is 2. The summed E-state index contributed by atoms with van der Waals surface area (Å²) in [6.45, 7) is 1.88. The highest BCUT2D eigenvalue weighted by Crippen LogP contribution is 2.28. The second kappa shape index (κ2) is 7.24. The first kappa shape index (κ1) is 18.7. The van der Waals surface area contributed by atoms with Gasteiger partial charge in [0.25, 0.3) is 10.0 Å². The maximum atomic E-state index is 13.1. The van der Waals surface area contributed by atoms with Gasteiger partial charge in [0.15, 0.2) is 0 Å². The molecule has 0 aliphatic heterocycles. The number of hydrogen-bond donors (Lipinski definition) is 0. The van der Waals surface area contributed by atoms with Crippen LogP contribution in [0.2, 0.25) is 0 Å². The predicted molar refractivity (Wildman–Crippen MR) is 101 cm³/mol. The Kier molecular flexibility index (Phi) is 5.00. The molecule has 7 nitrogen and oxygen atoms in total. The second-order valence-corrected chi connectivity index (χ2v) is 7.55. The Labute approximate surface area is 156 Å². The van der Waals surface area contributed by atoms with E-state index in [0.717, 1.165) is 9.65 Å². The summed E-state index contributed by atoms with van der Waals surface area (Å²) in [6, 6.07) is 11.4. The van der Waals surface area contributed by atoms with Crippen molar-refractivity contribution in [1.82, 2.24) is 9.19 Å². The monoisotopic (exact) mass is 386 g/mol. The number of esters is 1. The van der Waals surface area contributed by atoms with Gasteiger partial charge < -0.3 is 9.47 Å². The lowest BCUT2D eigenvalue weighted by molar-refractivity contribution is -0.134. The molecule has 0 N–H and O–H groups in total. The maximum Gasteiger partial charge on any atom is 0.330 e. The molecule has 3 aromatic rings. The van der Waals surface area contributed by atoms with Crippen molar-refractivity contribution in [1.29, 1.82) is 0 Å². The average Bonchev–Trinajstić information content (AvgIpc) is 3.05. The minimum absolute atomic E-state index is 0.122. The third-order valence-electron chi connectivity index (χ3n) is 4.01. The number of nitrogens with zero attached hydrogens (tertiary/aromatic N) is 2. The van der Waals surface area contributed by atoms with Crippen molar-refractivity contribution in [2.24, 2.45) is 0 Å². The number of hydrogen-bond acceptors (Lipinski definition) is 6. The molecule has 0 saturated heterocycles. The first-order valence-electron chi connectivity index (χ1n) is 8.02. The van der Waals surface area contributed by atoms with Crippen molar-refractivity contribution in [3.05, 3.63) is 59.8 Å². The van der Waals surface area contributed by atoms with Crippen LogP contribution in [-0.2, 0) is 19.6 Å². The van der Waals surface area contributed by atoms with E-state index in [2.05, 4.69) is 9.84 Å². The predicted octanol–water partition coefficient (Wildman–Crippen LogP) is 2.78. The zero-order valence-corrected chi connectivity index (χ0v) is 15.9. The summed E-state index contributed by atoms with van der Waals surface area (Å²) in [4.78, 5) is 11.5. The number of carbonyl (C=O) groups excluding carboxylic acids is 1. The molecule has 0 saturated carbocycles. The minimum atomic E-state index is -3.91. The summed E-state index contributed by atoms with van der Waals surface area (Å²) < 4.78 is 36.9. The van der Waals surface area contributed by atoms with Crippen LogP contribution in [0, 0.1) is 6.92 Å². The van der Waals surface area contributed by atoms with E-state index in [1.807, 2.05) is 6.92 Å². The van der Waals surface area contributed by atoms with Gasteiger partial charge in [-0.3, -0.25) is 0 Å². The number of benzene rings is 2. The maximum absolute atomic E-state index is 13.1. The van der Waals surface area contributed by atoms with Crippen molar-refractivity contribution >= 4 is 33.0 Å². The van der Waals surface area contributed by atoms with Crippen molar-refractivity contribution < 1.29 is 22.7 Å². The zero-order valence-electron chi connectivity index (χ0n) is 15.0. The van der Waals surface area contributed by atoms with E-state index < -0.39 is 16.0 Å². The number of carbonyl (C=O) groups is 1. The fourth-order valence-corrected chi connectivity index (χ4v) is 3.84.